The highest BCUT2D eigenvalue weighted by Crippen LogP contribution is 2.33. The number of anilines is 1. The van der Waals surface area contributed by atoms with Gasteiger partial charge < -0.3 is 15.4 Å². The number of amides is 3. The van der Waals surface area contributed by atoms with Crippen LogP contribution in [-0.2, 0) is 9.53 Å². The summed E-state index contributed by atoms with van der Waals surface area (Å²) in [5.74, 6) is -0.740. The molecule has 1 heterocycles. The Morgan fingerprint density at radius 3 is 2.59 bits per heavy atom. The van der Waals surface area contributed by atoms with Gasteiger partial charge in [-0.2, -0.15) is 0 Å². The lowest BCUT2D eigenvalue weighted by Gasteiger charge is -2.35. The van der Waals surface area contributed by atoms with Gasteiger partial charge in [0.2, 0.25) is 0 Å². The molecule has 0 spiro atoms. The van der Waals surface area contributed by atoms with E-state index in [1.165, 1.54) is 0 Å². The molecule has 180 valence electrons. The maximum absolute atomic E-state index is 13.1. The highest BCUT2D eigenvalue weighted by Gasteiger charge is 2.36. The molecule has 0 saturated carbocycles. The van der Waals surface area contributed by atoms with Crippen LogP contribution in [-0.4, -0.2) is 35.5 Å². The van der Waals surface area contributed by atoms with Gasteiger partial charge in [-0.05, 0) is 73.0 Å². The van der Waals surface area contributed by atoms with Crippen molar-refractivity contribution in [2.24, 2.45) is 0 Å². The fourth-order valence-corrected chi connectivity index (χ4v) is 4.26. The summed E-state index contributed by atoms with van der Waals surface area (Å²) in [5, 5.41) is 5.85. The summed E-state index contributed by atoms with van der Waals surface area (Å²) in [6, 6.07) is 13.3. The summed E-state index contributed by atoms with van der Waals surface area (Å²) in [6.45, 7) is 7.91. The Labute approximate surface area is 208 Å². The predicted molar refractivity (Wildman–Crippen MR) is 135 cm³/mol. The van der Waals surface area contributed by atoms with Crippen molar-refractivity contribution in [1.29, 1.82) is 0 Å². The minimum Gasteiger partial charge on any atom is -0.459 e. The molecule has 0 saturated heterocycles. The van der Waals surface area contributed by atoms with Crippen LogP contribution in [0, 0.1) is 0 Å². The highest BCUT2D eigenvalue weighted by atomic mass is 79.9. The molecule has 0 fully saturated rings. The first kappa shape index (κ1) is 25.5. The SMILES string of the molecule is CCCCN1C(=O)NC(c2cccc(NC(=O)c3ccccc3Br)c2)C(C(=O)OC(C)C)=C1C. The van der Waals surface area contributed by atoms with Crippen molar-refractivity contribution in [2.75, 3.05) is 11.9 Å². The van der Waals surface area contributed by atoms with Crippen LogP contribution in [0.1, 0.15) is 62.5 Å². The Morgan fingerprint density at radius 2 is 1.91 bits per heavy atom. The number of halogens is 1. The number of unbranched alkanes of at least 4 members (excludes halogenated alkanes) is 1. The summed E-state index contributed by atoms with van der Waals surface area (Å²) >= 11 is 3.40. The fourth-order valence-electron chi connectivity index (χ4n) is 3.80. The summed E-state index contributed by atoms with van der Waals surface area (Å²) in [6.07, 6.45) is 1.44. The van der Waals surface area contributed by atoms with E-state index in [0.29, 0.717) is 39.1 Å². The van der Waals surface area contributed by atoms with Crippen LogP contribution in [0.4, 0.5) is 10.5 Å². The van der Waals surface area contributed by atoms with E-state index in [-0.39, 0.29) is 18.0 Å². The van der Waals surface area contributed by atoms with Gasteiger partial charge in [-0.25, -0.2) is 9.59 Å². The van der Waals surface area contributed by atoms with Crippen molar-refractivity contribution in [3.8, 4) is 0 Å². The fraction of sp³-hybridized carbons (Fsp3) is 0.346. The number of hydrogen-bond acceptors (Lipinski definition) is 4. The van der Waals surface area contributed by atoms with Crippen molar-refractivity contribution < 1.29 is 19.1 Å². The number of carbonyl (C=O) groups excluding carboxylic acids is 3. The zero-order valence-electron chi connectivity index (χ0n) is 19.9. The van der Waals surface area contributed by atoms with Crippen molar-refractivity contribution in [3.05, 3.63) is 75.4 Å². The van der Waals surface area contributed by atoms with Crippen molar-refractivity contribution >= 4 is 39.5 Å². The number of nitrogens with one attached hydrogen (secondary N) is 2. The van der Waals surface area contributed by atoms with Crippen LogP contribution >= 0.6 is 15.9 Å². The summed E-state index contributed by atoms with van der Waals surface area (Å²) in [7, 11) is 0. The molecule has 0 aromatic heterocycles. The number of carbonyl (C=O) groups is 3. The van der Waals surface area contributed by atoms with Crippen molar-refractivity contribution in [1.82, 2.24) is 10.2 Å². The zero-order valence-corrected chi connectivity index (χ0v) is 21.4. The van der Waals surface area contributed by atoms with Crippen molar-refractivity contribution in [2.45, 2.75) is 52.7 Å². The number of allylic oxidation sites excluding steroid dienone is 1. The van der Waals surface area contributed by atoms with E-state index >= 15 is 0 Å². The van der Waals surface area contributed by atoms with E-state index in [1.54, 1.807) is 62.1 Å². The van der Waals surface area contributed by atoms with Gasteiger partial charge in [0, 0.05) is 22.4 Å². The van der Waals surface area contributed by atoms with Gasteiger partial charge in [0.1, 0.15) is 0 Å². The van der Waals surface area contributed by atoms with Gasteiger partial charge in [-0.3, -0.25) is 9.69 Å². The van der Waals surface area contributed by atoms with Gasteiger partial charge in [0.25, 0.3) is 5.91 Å². The average molecular weight is 528 g/mol. The average Bonchev–Trinajstić information content (AvgIpc) is 2.78. The molecule has 7 nitrogen and oxygen atoms in total. The number of benzene rings is 2. The largest absolute Gasteiger partial charge is 0.459 e. The number of hydrogen-bond donors (Lipinski definition) is 2. The van der Waals surface area contributed by atoms with Crippen LogP contribution in [0.2, 0.25) is 0 Å². The first-order valence-corrected chi connectivity index (χ1v) is 12.2. The van der Waals surface area contributed by atoms with Gasteiger partial charge in [-0.1, -0.05) is 37.6 Å². The molecule has 3 amide bonds. The normalized spacial score (nSPS) is 15.9. The Kier molecular flexibility index (Phi) is 8.50. The quantitative estimate of drug-likeness (QED) is 0.425. The second-order valence-electron chi connectivity index (χ2n) is 8.40. The lowest BCUT2D eigenvalue weighted by molar-refractivity contribution is -0.143. The Hall–Kier alpha value is -3.13. The lowest BCUT2D eigenvalue weighted by atomic mass is 9.94. The third-order valence-electron chi connectivity index (χ3n) is 5.49. The Bertz CT molecular complexity index is 1110. The minimum absolute atomic E-state index is 0.264. The molecule has 2 aromatic rings. The van der Waals surface area contributed by atoms with Gasteiger partial charge in [0.15, 0.2) is 0 Å². The van der Waals surface area contributed by atoms with E-state index in [1.807, 2.05) is 19.1 Å². The molecule has 1 aliphatic heterocycles. The Balaban J connectivity index is 1.95. The minimum atomic E-state index is -0.697. The van der Waals surface area contributed by atoms with Gasteiger partial charge in [0.05, 0.1) is 23.3 Å². The van der Waals surface area contributed by atoms with Crippen LogP contribution < -0.4 is 10.6 Å². The van der Waals surface area contributed by atoms with Crippen molar-refractivity contribution in [3.63, 3.8) is 0 Å². The third kappa shape index (κ3) is 5.86. The molecule has 1 unspecified atom stereocenters. The van der Waals surface area contributed by atoms with Gasteiger partial charge >= 0.3 is 12.0 Å². The molecule has 0 bridgehead atoms. The van der Waals surface area contributed by atoms with E-state index < -0.39 is 12.0 Å². The summed E-state index contributed by atoms with van der Waals surface area (Å²) in [5.41, 5.74) is 2.69. The molecule has 1 aliphatic rings. The van der Waals surface area contributed by atoms with Crippen LogP contribution in [0.5, 0.6) is 0 Å². The number of nitrogens with zero attached hydrogens (tertiary/aromatic N) is 1. The monoisotopic (exact) mass is 527 g/mol. The number of ether oxygens (including phenoxy) is 1. The number of urea groups is 1. The molecule has 2 aromatic carbocycles. The standard InChI is InChI=1S/C26H30BrN3O4/c1-5-6-14-30-17(4)22(25(32)34-16(2)3)23(29-26(30)33)18-10-9-11-19(15-18)28-24(31)20-12-7-8-13-21(20)27/h7-13,15-16,23H,5-6,14H2,1-4H3,(H,28,31)(H,29,33). The molecule has 0 radical (unpaired) electrons. The maximum Gasteiger partial charge on any atom is 0.338 e. The highest BCUT2D eigenvalue weighted by molar-refractivity contribution is 9.10. The van der Waals surface area contributed by atoms with Gasteiger partial charge in [-0.15, -0.1) is 0 Å². The second-order valence-corrected chi connectivity index (χ2v) is 9.25. The van der Waals surface area contributed by atoms with Crippen LogP contribution in [0.25, 0.3) is 0 Å². The summed E-state index contributed by atoms with van der Waals surface area (Å²) in [4.78, 5) is 40.4. The maximum atomic E-state index is 13.1. The van der Waals surface area contributed by atoms with E-state index in [0.717, 1.165) is 12.8 Å². The van der Waals surface area contributed by atoms with E-state index in [9.17, 15) is 14.4 Å². The first-order valence-electron chi connectivity index (χ1n) is 11.4. The number of esters is 1. The zero-order chi connectivity index (χ0) is 24.8. The molecule has 2 N–H and O–H groups in total. The smallest absolute Gasteiger partial charge is 0.338 e. The molecular weight excluding hydrogens is 498 g/mol. The van der Waals surface area contributed by atoms with Crippen LogP contribution in [0.15, 0.2) is 64.3 Å². The molecule has 0 aliphatic carbocycles. The third-order valence-corrected chi connectivity index (χ3v) is 6.18. The predicted octanol–water partition coefficient (Wildman–Crippen LogP) is 5.79. The molecule has 1 atom stereocenters. The first-order chi connectivity index (χ1) is 16.2. The number of rotatable bonds is 8. The molecular formula is C26H30BrN3O4. The van der Waals surface area contributed by atoms with Crippen LogP contribution in [0.3, 0.4) is 0 Å². The lowest BCUT2D eigenvalue weighted by Crippen LogP contribution is -2.48. The summed E-state index contributed by atoms with van der Waals surface area (Å²) < 4.78 is 6.20. The molecule has 8 heteroatoms. The molecule has 3 rings (SSSR count). The van der Waals surface area contributed by atoms with E-state index in [4.69, 9.17) is 4.74 Å². The molecule has 34 heavy (non-hydrogen) atoms. The topological polar surface area (TPSA) is 87.7 Å². The second kappa shape index (κ2) is 11.3. The Morgan fingerprint density at radius 1 is 1.18 bits per heavy atom. The van der Waals surface area contributed by atoms with E-state index in [2.05, 4.69) is 26.6 Å².